The molecule has 2 aromatic carbocycles. The molecule has 0 aliphatic carbocycles. The van der Waals surface area contributed by atoms with Gasteiger partial charge in [0, 0.05) is 21.8 Å². The molecule has 1 aliphatic heterocycles. The van der Waals surface area contributed by atoms with Gasteiger partial charge in [-0.05, 0) is 48.7 Å². The second-order valence-corrected chi connectivity index (χ2v) is 7.37. The number of hydrogen-bond acceptors (Lipinski definition) is 7. The molecule has 0 amide bonds. The monoisotopic (exact) mass is 443 g/mol. The van der Waals surface area contributed by atoms with E-state index in [-0.39, 0.29) is 12.2 Å². The number of ether oxygens (including phenoxy) is 3. The molecule has 30 heavy (non-hydrogen) atoms. The molecule has 5 atom stereocenters. The average molecular weight is 444 g/mol. The van der Waals surface area contributed by atoms with Gasteiger partial charge in [-0.15, -0.1) is 0 Å². The Morgan fingerprint density at radius 2 is 1.90 bits per heavy atom. The minimum Gasteiger partial charge on any atom is -0.494 e. The fraction of sp³-hybridized carbons (Fsp3) is 0.455. The first-order valence-corrected chi connectivity index (χ1v) is 9.58. The van der Waals surface area contributed by atoms with Gasteiger partial charge in [0.15, 0.2) is 0 Å². The van der Waals surface area contributed by atoms with Gasteiger partial charge in [0.1, 0.15) is 30.2 Å². The maximum absolute atomic E-state index is 10.7. The third-order valence-electron chi connectivity index (χ3n) is 5.19. The van der Waals surface area contributed by atoms with Crippen LogP contribution in [0.25, 0.3) is 0 Å². The maximum Gasteiger partial charge on any atom is 0.224 e. The summed E-state index contributed by atoms with van der Waals surface area (Å²) in [6.07, 6.45) is -5.78. The topological polar surface area (TPSA) is 109 Å². The number of rotatable bonds is 7. The van der Waals surface area contributed by atoms with Crippen LogP contribution in [0.5, 0.6) is 5.75 Å². The lowest BCUT2D eigenvalue weighted by atomic mass is 9.87. The zero-order valence-electron chi connectivity index (χ0n) is 21.2. The number of halogens is 1. The lowest BCUT2D eigenvalue weighted by Crippen LogP contribution is -2.64. The molecule has 1 fully saturated rings. The van der Waals surface area contributed by atoms with Crippen molar-refractivity contribution >= 4 is 11.6 Å². The van der Waals surface area contributed by atoms with Crippen LogP contribution in [0.4, 0.5) is 0 Å². The van der Waals surface area contributed by atoms with E-state index in [1.54, 1.807) is 24.3 Å². The van der Waals surface area contributed by atoms with E-state index in [2.05, 4.69) is 0 Å². The summed E-state index contributed by atoms with van der Waals surface area (Å²) in [4.78, 5) is 0. The molecule has 1 heterocycles. The van der Waals surface area contributed by atoms with Crippen molar-refractivity contribution in [1.82, 2.24) is 0 Å². The molecule has 8 heteroatoms. The summed E-state index contributed by atoms with van der Waals surface area (Å²) in [5.74, 6) is -1.85. The minimum absolute atomic E-state index is 0.0365. The van der Waals surface area contributed by atoms with Crippen molar-refractivity contribution in [1.29, 1.82) is 0 Å². The highest BCUT2D eigenvalue weighted by Crippen LogP contribution is 2.40. The van der Waals surface area contributed by atoms with Gasteiger partial charge in [-0.1, -0.05) is 29.8 Å². The molecule has 4 N–H and O–H groups in total. The summed E-state index contributed by atoms with van der Waals surface area (Å²) in [6, 6.07) is 10.8. The summed E-state index contributed by atoms with van der Waals surface area (Å²) in [5.41, 5.74) is 1.61. The van der Waals surface area contributed by atoms with Gasteiger partial charge in [0.05, 0.1) is 15.9 Å². The van der Waals surface area contributed by atoms with Crippen LogP contribution in [0, 0.1) is 0 Å². The van der Waals surface area contributed by atoms with Crippen molar-refractivity contribution in [2.75, 3.05) is 20.3 Å². The van der Waals surface area contributed by atoms with Crippen LogP contribution in [0.3, 0.4) is 0 Å². The minimum atomic E-state index is -2.96. The molecular weight excluding hydrogens is 412 g/mol. The second-order valence-electron chi connectivity index (χ2n) is 6.97. The van der Waals surface area contributed by atoms with Crippen LogP contribution in [-0.4, -0.2) is 65.1 Å². The third kappa shape index (κ3) is 4.33. The highest BCUT2D eigenvalue weighted by atomic mass is 35.5. The number of methoxy groups -OCH3 is 1. The van der Waals surface area contributed by atoms with Crippen molar-refractivity contribution in [2.24, 2.45) is 0 Å². The molecule has 1 saturated heterocycles. The molecule has 1 aliphatic rings. The smallest absolute Gasteiger partial charge is 0.224 e. The molecule has 1 unspecified atom stereocenters. The van der Waals surface area contributed by atoms with Gasteiger partial charge in [0.2, 0.25) is 5.79 Å². The molecule has 0 aromatic heterocycles. The molecule has 0 radical (unpaired) electrons. The van der Waals surface area contributed by atoms with Crippen molar-refractivity contribution in [2.45, 2.75) is 43.5 Å². The van der Waals surface area contributed by atoms with Crippen molar-refractivity contribution in [3.63, 3.8) is 0 Å². The Bertz CT molecular complexity index is 1020. The first kappa shape index (κ1) is 16.9. The van der Waals surface area contributed by atoms with E-state index in [1.807, 2.05) is 0 Å². The summed E-state index contributed by atoms with van der Waals surface area (Å²) >= 11 is 6.38. The highest BCUT2D eigenvalue weighted by molar-refractivity contribution is 6.31. The lowest BCUT2D eigenvalue weighted by molar-refractivity contribution is -0.366. The number of aliphatic hydroxyl groups is 4. The SMILES string of the molecule is [2H]C([2H])([2H])C([2H])([2H])Oc1ccc(Cc2cc(C3(OC)O[C@H](CO)[C@@H](O)[C@H](O)[C@H]3O)ccc2Cl)cc1. The Kier molecular flexibility index (Phi) is 5.42. The first-order valence-electron chi connectivity index (χ1n) is 11.7. The molecule has 3 rings (SSSR count). The van der Waals surface area contributed by atoms with Gasteiger partial charge in [-0.25, -0.2) is 0 Å². The van der Waals surface area contributed by atoms with Crippen LogP contribution >= 0.6 is 11.6 Å². The predicted octanol–water partition coefficient (Wildman–Crippen LogP) is 1.60. The zero-order valence-corrected chi connectivity index (χ0v) is 16.9. The van der Waals surface area contributed by atoms with Crippen LogP contribution in [-0.2, 0) is 21.7 Å². The quantitative estimate of drug-likeness (QED) is 0.514. The fourth-order valence-electron chi connectivity index (χ4n) is 3.55. The Morgan fingerprint density at radius 3 is 2.53 bits per heavy atom. The molecule has 7 nitrogen and oxygen atoms in total. The van der Waals surface area contributed by atoms with E-state index < -0.39 is 50.2 Å². The molecule has 0 spiro atoms. The number of hydrogen-bond donors (Lipinski definition) is 4. The Balaban J connectivity index is 1.87. The van der Waals surface area contributed by atoms with Gasteiger partial charge in [-0.3, -0.25) is 0 Å². The second kappa shape index (κ2) is 9.62. The highest BCUT2D eigenvalue weighted by Gasteiger charge is 2.55. The average Bonchev–Trinajstić information content (AvgIpc) is 2.80. The lowest BCUT2D eigenvalue weighted by Gasteiger charge is -2.47. The standard InChI is InChI=1S/C22H27ClO7/c1-3-29-16-7-4-13(5-8-16)10-14-11-15(6-9-17(14)23)22(28-2)21(27)20(26)19(25)18(12-24)30-22/h4-9,11,18-21,24-27H,3,10,12H2,1-2H3/t18-,19-,20+,21-,22?/m1/s1/i1D3,3D2. The normalized spacial score (nSPS) is 32.4. The molecule has 0 saturated carbocycles. The van der Waals surface area contributed by atoms with E-state index in [9.17, 15) is 20.4 Å². The molecule has 2 aromatic rings. The Morgan fingerprint density at radius 1 is 1.17 bits per heavy atom. The summed E-state index contributed by atoms with van der Waals surface area (Å²) in [5, 5.41) is 41.0. The summed E-state index contributed by atoms with van der Waals surface area (Å²) < 4.78 is 53.0. The number of aliphatic hydroxyl groups excluding tert-OH is 4. The van der Waals surface area contributed by atoms with Gasteiger partial charge >= 0.3 is 0 Å². The maximum atomic E-state index is 10.7. The third-order valence-corrected chi connectivity index (χ3v) is 5.56. The Labute approximate surface area is 187 Å². The molecule has 0 bridgehead atoms. The molecule has 164 valence electrons. The van der Waals surface area contributed by atoms with Crippen molar-refractivity contribution in [3.8, 4) is 5.75 Å². The van der Waals surface area contributed by atoms with Gasteiger partial charge < -0.3 is 34.6 Å². The Hall–Kier alpha value is -1.71. The number of benzene rings is 2. The first-order chi connectivity index (χ1) is 16.3. The van der Waals surface area contributed by atoms with Gasteiger partial charge in [0.25, 0.3) is 0 Å². The predicted molar refractivity (Wildman–Crippen MR) is 111 cm³/mol. The van der Waals surface area contributed by atoms with Crippen molar-refractivity contribution < 1.29 is 41.5 Å². The largest absolute Gasteiger partial charge is 0.494 e. The fourth-order valence-corrected chi connectivity index (χ4v) is 3.73. The van der Waals surface area contributed by atoms with Gasteiger partial charge in [-0.2, -0.15) is 0 Å². The summed E-state index contributed by atoms with van der Waals surface area (Å²) in [6.45, 7) is -6.43. The van der Waals surface area contributed by atoms with Crippen LogP contribution in [0.2, 0.25) is 5.02 Å². The summed E-state index contributed by atoms with van der Waals surface area (Å²) in [7, 11) is 1.26. The van der Waals surface area contributed by atoms with E-state index in [0.717, 1.165) is 5.56 Å². The van der Waals surface area contributed by atoms with Crippen LogP contribution < -0.4 is 4.74 Å². The zero-order chi connectivity index (χ0) is 26.2. The molecular formula is C22H27ClO7. The van der Waals surface area contributed by atoms with E-state index in [1.165, 1.54) is 25.3 Å². The van der Waals surface area contributed by atoms with Crippen molar-refractivity contribution in [3.05, 3.63) is 64.2 Å². The van der Waals surface area contributed by atoms with Crippen LogP contribution in [0.15, 0.2) is 42.5 Å². The van der Waals surface area contributed by atoms with E-state index in [4.69, 9.17) is 32.7 Å². The van der Waals surface area contributed by atoms with Crippen LogP contribution in [0.1, 0.15) is 30.4 Å². The van der Waals surface area contributed by atoms with E-state index >= 15 is 0 Å². The van der Waals surface area contributed by atoms with E-state index in [0.29, 0.717) is 16.1 Å².